The third-order valence-corrected chi connectivity index (χ3v) is 4.21. The van der Waals surface area contributed by atoms with E-state index in [1.807, 2.05) is 12.1 Å². The molecule has 2 aliphatic rings. The molecule has 0 saturated carbocycles. The molecule has 0 aromatic heterocycles. The lowest BCUT2D eigenvalue weighted by Crippen LogP contribution is -2.42. The highest BCUT2D eigenvalue weighted by atomic mass is 16.5. The Balaban J connectivity index is 1.68. The maximum atomic E-state index is 12.3. The van der Waals surface area contributed by atoms with E-state index in [-0.39, 0.29) is 17.9 Å². The van der Waals surface area contributed by atoms with Gasteiger partial charge >= 0.3 is 0 Å². The van der Waals surface area contributed by atoms with Gasteiger partial charge in [-0.3, -0.25) is 9.59 Å². The zero-order chi connectivity index (χ0) is 14.8. The van der Waals surface area contributed by atoms with Crippen LogP contribution >= 0.6 is 0 Å². The Kier molecular flexibility index (Phi) is 3.82. The molecular formula is C16H20N2O3. The number of benzene rings is 1. The van der Waals surface area contributed by atoms with E-state index >= 15 is 0 Å². The number of nitrogens with zero attached hydrogens (tertiary/aromatic N) is 1. The number of rotatable bonds is 3. The summed E-state index contributed by atoms with van der Waals surface area (Å²) < 4.78 is 5.58. The quantitative estimate of drug-likeness (QED) is 0.899. The first kappa shape index (κ1) is 13.9. The summed E-state index contributed by atoms with van der Waals surface area (Å²) in [6.45, 7) is 1.42. The van der Waals surface area contributed by atoms with Crippen LogP contribution in [0, 0.1) is 0 Å². The molecule has 21 heavy (non-hydrogen) atoms. The minimum Gasteiger partial charge on any atom is -0.493 e. The molecule has 2 aliphatic heterocycles. The van der Waals surface area contributed by atoms with Crippen molar-refractivity contribution < 1.29 is 14.3 Å². The van der Waals surface area contributed by atoms with Crippen LogP contribution in [0.3, 0.4) is 0 Å². The maximum absolute atomic E-state index is 12.3. The average molecular weight is 288 g/mol. The fourth-order valence-electron chi connectivity index (χ4n) is 2.95. The molecule has 1 saturated heterocycles. The first-order valence-corrected chi connectivity index (χ1v) is 7.43. The molecule has 112 valence electrons. The number of hydrogen-bond acceptors (Lipinski definition) is 3. The number of amides is 2. The van der Waals surface area contributed by atoms with Crippen LogP contribution in [0.2, 0.25) is 0 Å². The smallest absolute Gasteiger partial charge is 0.242 e. The van der Waals surface area contributed by atoms with Gasteiger partial charge in [0.25, 0.3) is 0 Å². The van der Waals surface area contributed by atoms with E-state index in [1.54, 1.807) is 11.9 Å². The van der Waals surface area contributed by atoms with Gasteiger partial charge in [0.15, 0.2) is 0 Å². The topological polar surface area (TPSA) is 58.6 Å². The summed E-state index contributed by atoms with van der Waals surface area (Å²) in [5, 5.41) is 2.76. The van der Waals surface area contributed by atoms with E-state index in [2.05, 4.69) is 11.4 Å². The highest BCUT2D eigenvalue weighted by Gasteiger charge is 2.30. The fourth-order valence-corrected chi connectivity index (χ4v) is 2.95. The molecule has 1 aromatic carbocycles. The Morgan fingerprint density at radius 1 is 1.48 bits per heavy atom. The van der Waals surface area contributed by atoms with Gasteiger partial charge in [-0.25, -0.2) is 0 Å². The Bertz CT molecular complexity index is 571. The predicted molar refractivity (Wildman–Crippen MR) is 78.1 cm³/mol. The molecule has 1 aromatic rings. The largest absolute Gasteiger partial charge is 0.493 e. The second-order valence-corrected chi connectivity index (χ2v) is 5.67. The summed E-state index contributed by atoms with van der Waals surface area (Å²) in [7, 11) is 1.71. The van der Waals surface area contributed by atoms with E-state index in [0.29, 0.717) is 19.4 Å². The molecular weight excluding hydrogens is 268 g/mol. The van der Waals surface area contributed by atoms with Crippen molar-refractivity contribution in [2.75, 3.05) is 20.2 Å². The average Bonchev–Trinajstić information content (AvgIpc) is 2.92. The van der Waals surface area contributed by atoms with Gasteiger partial charge in [0.2, 0.25) is 11.8 Å². The van der Waals surface area contributed by atoms with E-state index in [0.717, 1.165) is 30.8 Å². The minimum atomic E-state index is -0.321. The van der Waals surface area contributed by atoms with Crippen LogP contribution in [0.4, 0.5) is 0 Å². The second-order valence-electron chi connectivity index (χ2n) is 5.67. The van der Waals surface area contributed by atoms with E-state index in [4.69, 9.17) is 4.74 Å². The Labute approximate surface area is 124 Å². The van der Waals surface area contributed by atoms with Crippen LogP contribution in [0.1, 0.15) is 24.0 Å². The van der Waals surface area contributed by atoms with E-state index < -0.39 is 0 Å². The molecule has 5 nitrogen and oxygen atoms in total. The second kappa shape index (κ2) is 5.76. The van der Waals surface area contributed by atoms with Crippen LogP contribution in [0.15, 0.2) is 18.2 Å². The van der Waals surface area contributed by atoms with Crippen LogP contribution < -0.4 is 10.1 Å². The number of fused-ring (bicyclic) bond motifs is 1. The van der Waals surface area contributed by atoms with Gasteiger partial charge in [-0.05, 0) is 36.5 Å². The summed E-state index contributed by atoms with van der Waals surface area (Å²) >= 11 is 0. The Morgan fingerprint density at radius 2 is 2.33 bits per heavy atom. The van der Waals surface area contributed by atoms with Crippen molar-refractivity contribution in [2.45, 2.75) is 31.7 Å². The monoisotopic (exact) mass is 288 g/mol. The number of carbonyl (C=O) groups is 2. The molecule has 0 bridgehead atoms. The first-order chi connectivity index (χ1) is 10.1. The van der Waals surface area contributed by atoms with Gasteiger partial charge < -0.3 is 15.0 Å². The van der Waals surface area contributed by atoms with Gasteiger partial charge in [0, 0.05) is 13.6 Å². The SMILES string of the molecule is CN(C(=O)Cc1ccc2c(c1)CCCO2)[C@H]1CCNC1=O. The molecule has 2 amide bonds. The zero-order valence-corrected chi connectivity index (χ0v) is 12.2. The highest BCUT2D eigenvalue weighted by molar-refractivity contribution is 5.89. The van der Waals surface area contributed by atoms with E-state index in [1.165, 1.54) is 5.56 Å². The van der Waals surface area contributed by atoms with Gasteiger partial charge in [-0.15, -0.1) is 0 Å². The number of aryl methyl sites for hydroxylation is 1. The third kappa shape index (κ3) is 2.86. The molecule has 2 heterocycles. The maximum Gasteiger partial charge on any atom is 0.242 e. The molecule has 0 unspecified atom stereocenters. The molecule has 3 rings (SSSR count). The number of hydrogen-bond donors (Lipinski definition) is 1. The molecule has 5 heteroatoms. The van der Waals surface area contributed by atoms with Crippen molar-refractivity contribution >= 4 is 11.8 Å². The number of ether oxygens (including phenoxy) is 1. The lowest BCUT2D eigenvalue weighted by Gasteiger charge is -2.23. The normalized spacial score (nSPS) is 20.4. The predicted octanol–water partition coefficient (Wildman–Crippen LogP) is 0.901. The van der Waals surface area contributed by atoms with Gasteiger partial charge in [0.05, 0.1) is 13.0 Å². The van der Waals surface area contributed by atoms with Crippen molar-refractivity contribution in [1.29, 1.82) is 0 Å². The van der Waals surface area contributed by atoms with Crippen LogP contribution in [0.5, 0.6) is 5.75 Å². The third-order valence-electron chi connectivity index (χ3n) is 4.21. The van der Waals surface area contributed by atoms with Crippen LogP contribution in [0.25, 0.3) is 0 Å². The lowest BCUT2D eigenvalue weighted by molar-refractivity contribution is -0.136. The lowest BCUT2D eigenvalue weighted by atomic mass is 10.0. The molecule has 0 spiro atoms. The fraction of sp³-hybridized carbons (Fsp3) is 0.500. The van der Waals surface area contributed by atoms with Crippen LogP contribution in [-0.2, 0) is 22.4 Å². The molecule has 0 aliphatic carbocycles. The van der Waals surface area contributed by atoms with Gasteiger partial charge in [-0.2, -0.15) is 0 Å². The summed E-state index contributed by atoms with van der Waals surface area (Å²) in [6.07, 6.45) is 3.04. The zero-order valence-electron chi connectivity index (χ0n) is 12.2. The molecule has 1 N–H and O–H groups in total. The van der Waals surface area contributed by atoms with Crippen molar-refractivity contribution in [3.63, 3.8) is 0 Å². The summed E-state index contributed by atoms with van der Waals surface area (Å²) in [5.41, 5.74) is 2.15. The van der Waals surface area contributed by atoms with Gasteiger partial charge in [-0.1, -0.05) is 12.1 Å². The molecule has 1 fully saturated rings. The Hall–Kier alpha value is -2.04. The summed E-state index contributed by atoms with van der Waals surface area (Å²) in [5.74, 6) is 0.861. The molecule has 0 radical (unpaired) electrons. The minimum absolute atomic E-state index is 0.0197. The standard InChI is InChI=1S/C16H20N2O3/c1-18(13-6-7-17-16(13)20)15(19)10-11-4-5-14-12(9-11)3-2-8-21-14/h4-5,9,13H,2-3,6-8,10H2,1H3,(H,17,20)/t13-/m0/s1. The number of nitrogens with one attached hydrogen (secondary N) is 1. The first-order valence-electron chi connectivity index (χ1n) is 7.43. The summed E-state index contributed by atoms with van der Waals surface area (Å²) in [4.78, 5) is 25.5. The summed E-state index contributed by atoms with van der Waals surface area (Å²) in [6, 6.07) is 5.61. The van der Waals surface area contributed by atoms with Crippen molar-refractivity contribution in [3.8, 4) is 5.75 Å². The highest BCUT2D eigenvalue weighted by Crippen LogP contribution is 2.26. The van der Waals surface area contributed by atoms with E-state index in [9.17, 15) is 9.59 Å². The Morgan fingerprint density at radius 3 is 3.10 bits per heavy atom. The number of likely N-dealkylation sites (N-methyl/N-ethyl adjacent to an activating group) is 1. The van der Waals surface area contributed by atoms with Crippen LogP contribution in [-0.4, -0.2) is 43.0 Å². The van der Waals surface area contributed by atoms with Crippen molar-refractivity contribution in [3.05, 3.63) is 29.3 Å². The number of carbonyl (C=O) groups excluding carboxylic acids is 2. The van der Waals surface area contributed by atoms with Crippen molar-refractivity contribution in [2.24, 2.45) is 0 Å². The van der Waals surface area contributed by atoms with Gasteiger partial charge in [0.1, 0.15) is 11.8 Å². The molecule has 1 atom stereocenters. The van der Waals surface area contributed by atoms with Crippen molar-refractivity contribution in [1.82, 2.24) is 10.2 Å².